The van der Waals surface area contributed by atoms with Crippen molar-refractivity contribution in [1.82, 2.24) is 40.4 Å². The van der Waals surface area contributed by atoms with Gasteiger partial charge in [-0.1, -0.05) is 81.5 Å². The van der Waals surface area contributed by atoms with Gasteiger partial charge in [-0.3, -0.25) is 9.59 Å². The summed E-state index contributed by atoms with van der Waals surface area (Å²) in [6.45, 7) is 6.96. The number of alkyl carbamates (subject to hydrolysis) is 2. The van der Waals surface area contributed by atoms with Gasteiger partial charge in [-0.2, -0.15) is 0 Å². The van der Waals surface area contributed by atoms with Gasteiger partial charge in [-0.15, -0.1) is 11.3 Å². The number of nitrogens with zero attached hydrogens (tertiary/aromatic N) is 4. The fourth-order valence-electron chi connectivity index (χ4n) is 8.78. The summed E-state index contributed by atoms with van der Waals surface area (Å²) in [5, 5.41) is 6.67. The highest BCUT2D eigenvalue weighted by Gasteiger charge is 2.44. The predicted molar refractivity (Wildman–Crippen MR) is 234 cm³/mol. The Hall–Kier alpha value is -6.22. The van der Waals surface area contributed by atoms with Gasteiger partial charge in [0, 0.05) is 33.6 Å². The van der Waals surface area contributed by atoms with Crippen molar-refractivity contribution in [3.8, 4) is 33.0 Å². The molecule has 2 aliphatic heterocycles. The number of aromatic amines is 2. The molecule has 15 heteroatoms. The Kier molecular flexibility index (Phi) is 11.8. The number of rotatable bonds is 11. The highest BCUT2D eigenvalue weighted by atomic mass is 32.1. The third kappa shape index (κ3) is 8.43. The molecule has 5 aromatic rings. The van der Waals surface area contributed by atoms with E-state index in [1.54, 1.807) is 11.3 Å². The van der Waals surface area contributed by atoms with Crippen LogP contribution in [-0.2, 0) is 19.1 Å². The van der Waals surface area contributed by atoms with Crippen LogP contribution in [0.1, 0.15) is 76.6 Å². The number of carbonyl (C=O) groups excluding carboxylic acids is 4. The molecule has 5 atom stereocenters. The Balaban J connectivity index is 0.951. The molecule has 0 saturated carbocycles. The van der Waals surface area contributed by atoms with Crippen molar-refractivity contribution in [3.63, 3.8) is 0 Å². The number of benzene rings is 2. The number of amides is 4. The molecule has 3 aliphatic rings. The van der Waals surface area contributed by atoms with E-state index in [0.29, 0.717) is 19.5 Å². The molecule has 0 bridgehead atoms. The van der Waals surface area contributed by atoms with Crippen LogP contribution in [0.25, 0.3) is 43.0 Å². The minimum absolute atomic E-state index is 0.108. The lowest BCUT2D eigenvalue weighted by Crippen LogP contribution is -2.55. The molecule has 0 radical (unpaired) electrons. The molecule has 2 fully saturated rings. The molecule has 8 rings (SSSR count). The van der Waals surface area contributed by atoms with Crippen molar-refractivity contribution in [3.05, 3.63) is 96.9 Å². The summed E-state index contributed by atoms with van der Waals surface area (Å²) in [7, 11) is 2.60. The molecule has 1 aliphatic carbocycles. The van der Waals surface area contributed by atoms with Crippen molar-refractivity contribution < 1.29 is 28.7 Å². The van der Waals surface area contributed by atoms with E-state index in [0.717, 1.165) is 80.4 Å². The number of nitrogens with one attached hydrogen (secondary N) is 4. The first-order valence-electron chi connectivity index (χ1n) is 20.8. The van der Waals surface area contributed by atoms with Crippen molar-refractivity contribution in [2.45, 2.75) is 77.0 Å². The van der Waals surface area contributed by atoms with Gasteiger partial charge in [-0.25, -0.2) is 19.6 Å². The zero-order valence-corrected chi connectivity index (χ0v) is 35.9. The first-order chi connectivity index (χ1) is 29.5. The lowest BCUT2D eigenvalue weighted by atomic mass is 9.76. The van der Waals surface area contributed by atoms with Crippen LogP contribution in [0, 0.1) is 11.3 Å². The summed E-state index contributed by atoms with van der Waals surface area (Å²) < 4.78 is 10.8. The third-order valence-corrected chi connectivity index (χ3v) is 13.4. The molecule has 3 aromatic heterocycles. The summed E-state index contributed by atoms with van der Waals surface area (Å²) in [5.74, 6) is 1.05. The van der Waals surface area contributed by atoms with E-state index in [-0.39, 0.29) is 29.8 Å². The van der Waals surface area contributed by atoms with Crippen molar-refractivity contribution in [2.75, 3.05) is 27.3 Å². The van der Waals surface area contributed by atoms with Crippen molar-refractivity contribution in [1.29, 1.82) is 0 Å². The molecule has 1 unspecified atom stereocenters. The van der Waals surface area contributed by atoms with Gasteiger partial charge in [0.1, 0.15) is 23.7 Å². The summed E-state index contributed by atoms with van der Waals surface area (Å²) in [5.41, 5.74) is 4.22. The number of fused-ring (bicyclic) bond motifs is 1. The van der Waals surface area contributed by atoms with Gasteiger partial charge < -0.3 is 39.9 Å². The zero-order chi connectivity index (χ0) is 42.8. The number of likely N-dealkylation sites (tertiary alicyclic amines) is 2. The molecule has 14 nitrogen and oxygen atoms in total. The fraction of sp³-hybridized carbons (Fsp3) is 0.391. The van der Waals surface area contributed by atoms with Gasteiger partial charge in [-0.05, 0) is 66.7 Å². The molecule has 2 aromatic carbocycles. The lowest BCUT2D eigenvalue weighted by Gasteiger charge is -2.38. The van der Waals surface area contributed by atoms with Gasteiger partial charge in [0.15, 0.2) is 0 Å². The number of imidazole rings is 2. The lowest BCUT2D eigenvalue weighted by molar-refractivity contribution is -0.137. The first kappa shape index (κ1) is 41.5. The Morgan fingerprint density at radius 3 is 1.98 bits per heavy atom. The number of hydrogen-bond donors (Lipinski definition) is 4. The number of H-pyrrole nitrogens is 2. The van der Waals surface area contributed by atoms with Crippen LogP contribution in [0.15, 0.2) is 85.2 Å². The molecule has 61 heavy (non-hydrogen) atoms. The second-order valence-electron chi connectivity index (χ2n) is 16.6. The number of hydrogen-bond acceptors (Lipinski definition) is 9. The van der Waals surface area contributed by atoms with E-state index >= 15 is 0 Å². The summed E-state index contributed by atoms with van der Waals surface area (Å²) in [6, 6.07) is 15.0. The predicted octanol–water partition coefficient (Wildman–Crippen LogP) is 8.30. The number of allylic oxidation sites excluding steroid dienone is 3. The Morgan fingerprint density at radius 1 is 0.787 bits per heavy atom. The highest BCUT2D eigenvalue weighted by molar-refractivity contribution is 7.22. The SMILES string of the molecule is COC(=O)N[C@H](C(=O)N1CCC[C@H]1c1ncc(-c2ccc3cc(-c4ccc(-c5cnc([C@@H]6CCCN6C(=O)[C@H](NC(=O)OC)C6(C)C=CC=CC6)[nH]5)cc4)sc3c2)[nH]1)C(C)C. The van der Waals surface area contributed by atoms with Crippen LogP contribution >= 0.6 is 11.3 Å². The minimum Gasteiger partial charge on any atom is -0.453 e. The molecule has 4 amide bonds. The van der Waals surface area contributed by atoms with Crippen LogP contribution < -0.4 is 10.6 Å². The summed E-state index contributed by atoms with van der Waals surface area (Å²) in [4.78, 5) is 73.4. The molecule has 2 saturated heterocycles. The van der Waals surface area contributed by atoms with E-state index in [4.69, 9.17) is 19.4 Å². The van der Waals surface area contributed by atoms with Crippen LogP contribution in [0.5, 0.6) is 0 Å². The second-order valence-corrected chi connectivity index (χ2v) is 17.7. The largest absolute Gasteiger partial charge is 0.453 e. The number of methoxy groups -OCH3 is 2. The maximum atomic E-state index is 14.2. The Bertz CT molecular complexity index is 2490. The van der Waals surface area contributed by atoms with Crippen LogP contribution in [-0.4, -0.2) is 93.1 Å². The molecule has 0 spiro atoms. The number of carbonyl (C=O) groups is 4. The maximum absolute atomic E-state index is 14.2. The quantitative estimate of drug-likeness (QED) is 0.103. The monoisotopic (exact) mass is 844 g/mol. The normalized spacial score (nSPS) is 20.9. The third-order valence-electron chi connectivity index (χ3n) is 12.2. The van der Waals surface area contributed by atoms with E-state index in [1.807, 2.05) is 67.3 Å². The molecule has 318 valence electrons. The average molecular weight is 845 g/mol. The Morgan fingerprint density at radius 2 is 1.38 bits per heavy atom. The smallest absolute Gasteiger partial charge is 0.407 e. The van der Waals surface area contributed by atoms with Crippen molar-refractivity contribution >= 4 is 45.4 Å². The molecular weight excluding hydrogens is 793 g/mol. The van der Waals surface area contributed by atoms with Gasteiger partial charge in [0.25, 0.3) is 0 Å². The average Bonchev–Trinajstić information content (AvgIpc) is 4.13. The van der Waals surface area contributed by atoms with Gasteiger partial charge in [0.2, 0.25) is 11.8 Å². The topological polar surface area (TPSA) is 175 Å². The Labute approximate surface area is 358 Å². The molecular formula is C46H52N8O6S. The molecule has 4 N–H and O–H groups in total. The second kappa shape index (κ2) is 17.4. The number of thiophene rings is 1. The highest BCUT2D eigenvalue weighted by Crippen LogP contribution is 2.40. The van der Waals surface area contributed by atoms with E-state index < -0.39 is 29.7 Å². The summed E-state index contributed by atoms with van der Waals surface area (Å²) in [6.07, 6.45) is 14.1. The van der Waals surface area contributed by atoms with E-state index in [1.165, 1.54) is 14.2 Å². The summed E-state index contributed by atoms with van der Waals surface area (Å²) >= 11 is 1.72. The van der Waals surface area contributed by atoms with E-state index in [2.05, 4.69) is 69.1 Å². The van der Waals surface area contributed by atoms with Crippen LogP contribution in [0.3, 0.4) is 0 Å². The van der Waals surface area contributed by atoms with Gasteiger partial charge >= 0.3 is 12.2 Å². The van der Waals surface area contributed by atoms with Crippen LogP contribution in [0.4, 0.5) is 9.59 Å². The van der Waals surface area contributed by atoms with Crippen LogP contribution in [0.2, 0.25) is 0 Å². The maximum Gasteiger partial charge on any atom is 0.407 e. The minimum atomic E-state index is -0.794. The fourth-order valence-corrected chi connectivity index (χ4v) is 9.88. The van der Waals surface area contributed by atoms with Crippen molar-refractivity contribution in [2.24, 2.45) is 11.3 Å². The molecule has 5 heterocycles. The standard InChI is InChI=1S/C46H52N8O6S/c1-27(2)38(51-44(57)59-4)42(55)53-21-9-11-34(53)40-48-26-33(50-40)30-17-18-31-24-36(61-37(31)23-30)29-15-13-28(14-16-29)32-25-47-41(49-32)35-12-10-22-54(35)43(56)39(52-45(58)60-5)46(3)19-7-6-8-20-46/h6-8,13-19,23-27,34-35,38-39H,9-12,20-22H2,1-5H3,(H,47,49)(H,48,50)(H,51,57)(H,52,58)/t34-,35-,38-,39-,46?/m0/s1. The first-order valence-corrected chi connectivity index (χ1v) is 21.7. The van der Waals surface area contributed by atoms with Gasteiger partial charge in [0.05, 0.1) is 50.1 Å². The zero-order valence-electron chi connectivity index (χ0n) is 35.1. The number of aromatic nitrogens is 4. The van der Waals surface area contributed by atoms with E-state index in [9.17, 15) is 19.2 Å². The number of ether oxygens (including phenoxy) is 2.